The van der Waals surface area contributed by atoms with E-state index in [-0.39, 0.29) is 0 Å². The Morgan fingerprint density at radius 2 is 2.47 bits per heavy atom. The number of nitrogens with zero attached hydrogens (tertiary/aromatic N) is 2. The molecule has 15 heavy (non-hydrogen) atoms. The summed E-state index contributed by atoms with van der Waals surface area (Å²) in [6, 6.07) is 4.22. The first-order valence-corrected chi connectivity index (χ1v) is 6.03. The number of hydrogen-bond donors (Lipinski definition) is 1. The zero-order chi connectivity index (χ0) is 10.3. The van der Waals surface area contributed by atoms with Crippen LogP contribution in [0.4, 0.5) is 0 Å². The summed E-state index contributed by atoms with van der Waals surface area (Å²) in [5.41, 5.74) is 3.93. The second kappa shape index (κ2) is 3.47. The monoisotopic (exact) mass is 219 g/mol. The summed E-state index contributed by atoms with van der Waals surface area (Å²) in [5, 5.41) is 10.1. The summed E-state index contributed by atoms with van der Waals surface area (Å²) in [6.45, 7) is 2.02. The lowest BCUT2D eigenvalue weighted by molar-refractivity contribution is 0.604. The van der Waals surface area contributed by atoms with E-state index in [1.54, 1.807) is 11.3 Å². The fourth-order valence-corrected chi connectivity index (χ4v) is 2.87. The fourth-order valence-electron chi connectivity index (χ4n) is 2.13. The molecule has 4 heteroatoms. The minimum atomic E-state index is 0.955. The van der Waals surface area contributed by atoms with Gasteiger partial charge in [-0.2, -0.15) is 5.10 Å². The van der Waals surface area contributed by atoms with Crippen molar-refractivity contribution in [2.45, 2.75) is 13.0 Å². The molecule has 0 aliphatic carbocycles. The van der Waals surface area contributed by atoms with Gasteiger partial charge in [-0.3, -0.25) is 4.68 Å². The second-order valence-corrected chi connectivity index (χ2v) is 4.75. The maximum atomic E-state index is 4.62. The van der Waals surface area contributed by atoms with Gasteiger partial charge >= 0.3 is 0 Å². The standard InChI is InChI=1S/C11H13N3S/c1-14-9-4-5-12-7-8(9)11(13-14)10-3-2-6-15-10/h2-3,6,12H,4-5,7H2,1H3. The molecule has 0 bridgehead atoms. The number of fused-ring (bicyclic) bond motifs is 1. The lowest BCUT2D eigenvalue weighted by Gasteiger charge is -2.13. The summed E-state index contributed by atoms with van der Waals surface area (Å²) in [4.78, 5) is 1.27. The Balaban J connectivity index is 2.16. The van der Waals surface area contributed by atoms with Gasteiger partial charge in [0.2, 0.25) is 0 Å². The molecule has 0 unspecified atom stereocenters. The van der Waals surface area contributed by atoms with Crippen molar-refractivity contribution in [2.24, 2.45) is 7.05 Å². The number of rotatable bonds is 1. The molecule has 0 amide bonds. The van der Waals surface area contributed by atoms with Crippen LogP contribution in [0.2, 0.25) is 0 Å². The van der Waals surface area contributed by atoms with E-state index in [2.05, 4.69) is 27.9 Å². The van der Waals surface area contributed by atoms with Crippen LogP contribution in [0.3, 0.4) is 0 Å². The molecule has 0 saturated heterocycles. The van der Waals surface area contributed by atoms with E-state index in [1.807, 2.05) is 11.7 Å². The maximum Gasteiger partial charge on any atom is 0.107 e. The quantitative estimate of drug-likeness (QED) is 0.792. The van der Waals surface area contributed by atoms with Crippen LogP contribution in [-0.4, -0.2) is 16.3 Å². The molecule has 3 heterocycles. The maximum absolute atomic E-state index is 4.62. The van der Waals surface area contributed by atoms with E-state index in [4.69, 9.17) is 0 Å². The number of hydrogen-bond acceptors (Lipinski definition) is 3. The third-order valence-electron chi connectivity index (χ3n) is 2.87. The van der Waals surface area contributed by atoms with Crippen LogP contribution in [0.25, 0.3) is 10.6 Å². The third kappa shape index (κ3) is 1.41. The first-order chi connectivity index (χ1) is 7.36. The first-order valence-electron chi connectivity index (χ1n) is 5.15. The Morgan fingerprint density at radius 3 is 3.27 bits per heavy atom. The third-order valence-corrected chi connectivity index (χ3v) is 3.75. The molecule has 0 saturated carbocycles. The molecule has 3 nitrogen and oxygen atoms in total. The van der Waals surface area contributed by atoms with Crippen LogP contribution >= 0.6 is 11.3 Å². The molecule has 0 atom stereocenters. The van der Waals surface area contributed by atoms with Crippen molar-refractivity contribution in [1.82, 2.24) is 15.1 Å². The molecule has 0 radical (unpaired) electrons. The molecule has 2 aromatic heterocycles. The molecule has 0 fully saturated rings. The van der Waals surface area contributed by atoms with Gasteiger partial charge in [-0.15, -0.1) is 11.3 Å². The zero-order valence-corrected chi connectivity index (χ0v) is 9.47. The van der Waals surface area contributed by atoms with E-state index in [9.17, 15) is 0 Å². The highest BCUT2D eigenvalue weighted by Gasteiger charge is 2.20. The van der Waals surface area contributed by atoms with Gasteiger partial charge in [0.25, 0.3) is 0 Å². The van der Waals surface area contributed by atoms with Crippen LogP contribution in [0, 0.1) is 0 Å². The molecule has 78 valence electrons. The highest BCUT2D eigenvalue weighted by atomic mass is 32.1. The van der Waals surface area contributed by atoms with E-state index in [0.717, 1.165) is 25.2 Å². The van der Waals surface area contributed by atoms with Gasteiger partial charge in [0.15, 0.2) is 0 Å². The summed E-state index contributed by atoms with van der Waals surface area (Å²) < 4.78 is 2.03. The molecule has 1 aliphatic heterocycles. The SMILES string of the molecule is Cn1nc(-c2cccs2)c2c1CCNC2. The number of nitrogens with one attached hydrogen (secondary N) is 1. The van der Waals surface area contributed by atoms with Crippen LogP contribution < -0.4 is 5.32 Å². The van der Waals surface area contributed by atoms with E-state index in [0.29, 0.717) is 0 Å². The summed E-state index contributed by atoms with van der Waals surface area (Å²) in [6.07, 6.45) is 1.09. The Hall–Kier alpha value is -1.13. The van der Waals surface area contributed by atoms with Crippen LogP contribution in [0.15, 0.2) is 17.5 Å². The van der Waals surface area contributed by atoms with Crippen molar-refractivity contribution in [3.05, 3.63) is 28.8 Å². The second-order valence-electron chi connectivity index (χ2n) is 3.80. The first kappa shape index (κ1) is 9.12. The van der Waals surface area contributed by atoms with Crippen LogP contribution in [-0.2, 0) is 20.0 Å². The van der Waals surface area contributed by atoms with Gasteiger partial charge in [-0.05, 0) is 11.4 Å². The van der Waals surface area contributed by atoms with Crippen molar-refractivity contribution < 1.29 is 0 Å². The predicted molar refractivity (Wildman–Crippen MR) is 61.9 cm³/mol. The normalized spacial score (nSPS) is 15.3. The smallest absolute Gasteiger partial charge is 0.107 e. The minimum Gasteiger partial charge on any atom is -0.312 e. The minimum absolute atomic E-state index is 0.955. The molecule has 1 aliphatic rings. The van der Waals surface area contributed by atoms with E-state index in [1.165, 1.54) is 16.1 Å². The Morgan fingerprint density at radius 1 is 1.53 bits per heavy atom. The Labute approximate surface area is 92.7 Å². The topological polar surface area (TPSA) is 29.9 Å². The van der Waals surface area contributed by atoms with E-state index >= 15 is 0 Å². The fraction of sp³-hybridized carbons (Fsp3) is 0.364. The lowest BCUT2D eigenvalue weighted by atomic mass is 10.1. The zero-order valence-electron chi connectivity index (χ0n) is 8.66. The molecular weight excluding hydrogens is 206 g/mol. The van der Waals surface area contributed by atoms with Gasteiger partial charge in [0, 0.05) is 37.8 Å². The van der Waals surface area contributed by atoms with Crippen LogP contribution in [0.1, 0.15) is 11.3 Å². The van der Waals surface area contributed by atoms with Crippen LogP contribution in [0.5, 0.6) is 0 Å². The summed E-state index contributed by atoms with van der Waals surface area (Å²) in [5.74, 6) is 0. The van der Waals surface area contributed by atoms with Gasteiger partial charge in [0.05, 0.1) is 4.88 Å². The van der Waals surface area contributed by atoms with E-state index < -0.39 is 0 Å². The van der Waals surface area contributed by atoms with Crippen molar-refractivity contribution in [1.29, 1.82) is 0 Å². The summed E-state index contributed by atoms with van der Waals surface area (Å²) >= 11 is 1.76. The van der Waals surface area contributed by atoms with Gasteiger partial charge in [-0.1, -0.05) is 6.07 Å². The predicted octanol–water partition coefficient (Wildman–Crippen LogP) is 1.79. The van der Waals surface area contributed by atoms with Gasteiger partial charge < -0.3 is 5.32 Å². The van der Waals surface area contributed by atoms with Crippen molar-refractivity contribution in [3.63, 3.8) is 0 Å². The Bertz CT molecular complexity index is 470. The molecule has 1 N–H and O–H groups in total. The summed E-state index contributed by atoms with van der Waals surface area (Å²) in [7, 11) is 2.04. The number of thiophene rings is 1. The molecule has 0 aromatic carbocycles. The van der Waals surface area contributed by atoms with Crippen molar-refractivity contribution in [3.8, 4) is 10.6 Å². The van der Waals surface area contributed by atoms with Gasteiger partial charge in [0.1, 0.15) is 5.69 Å². The van der Waals surface area contributed by atoms with Gasteiger partial charge in [-0.25, -0.2) is 0 Å². The molecular formula is C11H13N3S. The average molecular weight is 219 g/mol. The molecule has 2 aromatic rings. The number of aryl methyl sites for hydroxylation is 1. The Kier molecular flexibility index (Phi) is 2.11. The molecule has 3 rings (SSSR count). The highest BCUT2D eigenvalue weighted by Crippen LogP contribution is 2.30. The van der Waals surface area contributed by atoms with Crippen molar-refractivity contribution in [2.75, 3.05) is 6.54 Å². The van der Waals surface area contributed by atoms with Crippen molar-refractivity contribution >= 4 is 11.3 Å². The average Bonchev–Trinajstić information content (AvgIpc) is 2.87. The highest BCUT2D eigenvalue weighted by molar-refractivity contribution is 7.13. The molecule has 0 spiro atoms. The lowest BCUT2D eigenvalue weighted by Crippen LogP contribution is -2.24. The number of aromatic nitrogens is 2. The largest absolute Gasteiger partial charge is 0.312 e.